The van der Waals surface area contributed by atoms with E-state index in [9.17, 15) is 4.79 Å². The summed E-state index contributed by atoms with van der Waals surface area (Å²) < 4.78 is 10.8. The van der Waals surface area contributed by atoms with Crippen LogP contribution in [0.5, 0.6) is 0 Å². The number of carbonyl (C=O) groups is 1. The Morgan fingerprint density at radius 1 is 1.21 bits per heavy atom. The van der Waals surface area contributed by atoms with Crippen molar-refractivity contribution in [1.82, 2.24) is 4.90 Å². The zero-order valence-corrected chi connectivity index (χ0v) is 14.8. The van der Waals surface area contributed by atoms with Gasteiger partial charge in [0.1, 0.15) is 11.4 Å². The van der Waals surface area contributed by atoms with Crippen molar-refractivity contribution >= 4 is 11.8 Å². The van der Waals surface area contributed by atoms with Crippen LogP contribution in [0.3, 0.4) is 0 Å². The van der Waals surface area contributed by atoms with Crippen LogP contribution in [0.25, 0.3) is 0 Å². The molecule has 1 aromatic carbocycles. The number of rotatable bonds is 6. The second-order valence-corrected chi connectivity index (χ2v) is 6.58. The van der Waals surface area contributed by atoms with Gasteiger partial charge in [0.15, 0.2) is 0 Å². The number of hydrogen-bond acceptors (Lipinski definition) is 4. The molecular formula is C19H26N2O3. The summed E-state index contributed by atoms with van der Waals surface area (Å²) in [6, 6.07) is 11.7. The van der Waals surface area contributed by atoms with Crippen molar-refractivity contribution in [2.75, 3.05) is 11.9 Å². The average Bonchev–Trinajstić information content (AvgIpc) is 3.03. The number of nitrogens with one attached hydrogen (secondary N) is 1. The van der Waals surface area contributed by atoms with E-state index >= 15 is 0 Å². The van der Waals surface area contributed by atoms with Crippen LogP contribution in [0.2, 0.25) is 0 Å². The topological polar surface area (TPSA) is 54.7 Å². The Bertz CT molecular complexity index is 645. The molecule has 0 aliphatic carbocycles. The summed E-state index contributed by atoms with van der Waals surface area (Å²) in [4.78, 5) is 14.0. The van der Waals surface area contributed by atoms with E-state index in [2.05, 4.69) is 5.32 Å². The van der Waals surface area contributed by atoms with Crippen LogP contribution in [0.4, 0.5) is 10.5 Å². The summed E-state index contributed by atoms with van der Waals surface area (Å²) in [6.07, 6.45) is 1.36. The summed E-state index contributed by atoms with van der Waals surface area (Å²) in [5.74, 6) is 0.865. The highest BCUT2D eigenvalue weighted by atomic mass is 16.6. The predicted octanol–water partition coefficient (Wildman–Crippen LogP) is 4.65. The molecule has 0 saturated heterocycles. The van der Waals surface area contributed by atoms with Gasteiger partial charge in [-0.2, -0.15) is 0 Å². The van der Waals surface area contributed by atoms with Gasteiger partial charge in [0.05, 0.1) is 19.4 Å². The Kier molecular flexibility index (Phi) is 5.90. The zero-order chi connectivity index (χ0) is 17.6. The smallest absolute Gasteiger partial charge is 0.410 e. The molecule has 0 aliphatic heterocycles. The molecule has 130 valence electrons. The fourth-order valence-corrected chi connectivity index (χ4v) is 2.26. The molecule has 1 amide bonds. The lowest BCUT2D eigenvalue weighted by Gasteiger charge is -2.27. The number of anilines is 1. The van der Waals surface area contributed by atoms with Crippen molar-refractivity contribution < 1.29 is 13.9 Å². The highest BCUT2D eigenvalue weighted by molar-refractivity contribution is 5.68. The molecule has 1 aromatic heterocycles. The van der Waals surface area contributed by atoms with Crippen molar-refractivity contribution in [2.45, 2.75) is 46.4 Å². The summed E-state index contributed by atoms with van der Waals surface area (Å²) in [7, 11) is 0. The van der Waals surface area contributed by atoms with E-state index in [0.29, 0.717) is 19.6 Å². The lowest BCUT2D eigenvalue weighted by atomic mass is 10.1. The number of ether oxygens (including phenoxy) is 1. The molecule has 1 N–H and O–H groups in total. The van der Waals surface area contributed by atoms with Crippen molar-refractivity contribution in [1.29, 1.82) is 0 Å². The van der Waals surface area contributed by atoms with Crippen molar-refractivity contribution in [2.24, 2.45) is 0 Å². The van der Waals surface area contributed by atoms with E-state index in [1.54, 1.807) is 11.2 Å². The molecule has 0 saturated carbocycles. The molecule has 5 nitrogen and oxygen atoms in total. The van der Waals surface area contributed by atoms with Crippen LogP contribution in [-0.2, 0) is 17.8 Å². The van der Waals surface area contributed by atoms with Crippen LogP contribution in [-0.4, -0.2) is 23.1 Å². The van der Waals surface area contributed by atoms with E-state index in [-0.39, 0.29) is 6.09 Å². The molecule has 5 heteroatoms. The van der Waals surface area contributed by atoms with Gasteiger partial charge in [-0.15, -0.1) is 0 Å². The molecule has 0 bridgehead atoms. The van der Waals surface area contributed by atoms with Crippen molar-refractivity contribution in [3.8, 4) is 0 Å². The van der Waals surface area contributed by atoms with Crippen LogP contribution in [0, 0.1) is 0 Å². The third-order valence-corrected chi connectivity index (χ3v) is 3.45. The number of furan rings is 1. The number of nitrogens with zero attached hydrogens (tertiary/aromatic N) is 1. The minimum atomic E-state index is -0.498. The molecule has 1 heterocycles. The number of para-hydroxylation sites is 1. The number of amides is 1. The lowest BCUT2D eigenvalue weighted by Crippen LogP contribution is -2.36. The average molecular weight is 330 g/mol. The van der Waals surface area contributed by atoms with Gasteiger partial charge in [-0.25, -0.2) is 4.79 Å². The highest BCUT2D eigenvalue weighted by Crippen LogP contribution is 2.20. The third kappa shape index (κ3) is 5.33. The molecule has 2 aromatic rings. The van der Waals surface area contributed by atoms with Crippen LogP contribution in [0.15, 0.2) is 47.1 Å². The van der Waals surface area contributed by atoms with Gasteiger partial charge < -0.3 is 19.4 Å². The quantitative estimate of drug-likeness (QED) is 0.837. The van der Waals surface area contributed by atoms with E-state index in [4.69, 9.17) is 9.15 Å². The summed E-state index contributed by atoms with van der Waals surface area (Å²) in [6.45, 7) is 9.24. The maximum Gasteiger partial charge on any atom is 0.410 e. The fraction of sp³-hybridized carbons (Fsp3) is 0.421. The van der Waals surface area contributed by atoms with Crippen LogP contribution in [0.1, 0.15) is 39.0 Å². The van der Waals surface area contributed by atoms with Crippen molar-refractivity contribution in [3.63, 3.8) is 0 Å². The standard InChI is InChI=1S/C19H26N2O3/c1-5-21(18(22)24-19(2,3)4)14-15-9-6-7-11-17(15)20-13-16-10-8-12-23-16/h6-12,20H,5,13-14H2,1-4H3. The normalized spacial score (nSPS) is 11.2. The maximum absolute atomic E-state index is 12.3. The minimum absolute atomic E-state index is 0.300. The Labute approximate surface area is 143 Å². The molecule has 2 rings (SSSR count). The second-order valence-electron chi connectivity index (χ2n) is 6.58. The van der Waals surface area contributed by atoms with Gasteiger partial charge in [0.2, 0.25) is 0 Å². The lowest BCUT2D eigenvalue weighted by molar-refractivity contribution is 0.0245. The Morgan fingerprint density at radius 3 is 2.58 bits per heavy atom. The Hall–Kier alpha value is -2.43. The first kappa shape index (κ1) is 17.9. The predicted molar refractivity (Wildman–Crippen MR) is 94.8 cm³/mol. The largest absolute Gasteiger partial charge is 0.467 e. The van der Waals surface area contributed by atoms with E-state index < -0.39 is 5.60 Å². The van der Waals surface area contributed by atoms with E-state index in [1.165, 1.54) is 0 Å². The van der Waals surface area contributed by atoms with Gasteiger partial charge in [0, 0.05) is 12.2 Å². The zero-order valence-electron chi connectivity index (χ0n) is 14.8. The van der Waals surface area contributed by atoms with Crippen LogP contribution < -0.4 is 5.32 Å². The van der Waals surface area contributed by atoms with Gasteiger partial charge >= 0.3 is 6.09 Å². The molecule has 0 unspecified atom stereocenters. The summed E-state index contributed by atoms with van der Waals surface area (Å²) >= 11 is 0. The molecule has 0 atom stereocenters. The first-order valence-corrected chi connectivity index (χ1v) is 8.21. The van der Waals surface area contributed by atoms with Gasteiger partial charge in [0.25, 0.3) is 0 Å². The second kappa shape index (κ2) is 7.90. The number of hydrogen-bond donors (Lipinski definition) is 1. The molecular weight excluding hydrogens is 304 g/mol. The molecule has 0 spiro atoms. The minimum Gasteiger partial charge on any atom is -0.467 e. The first-order chi connectivity index (χ1) is 11.4. The number of benzene rings is 1. The molecule has 24 heavy (non-hydrogen) atoms. The third-order valence-electron chi connectivity index (χ3n) is 3.45. The SMILES string of the molecule is CCN(Cc1ccccc1NCc1ccco1)C(=O)OC(C)(C)C. The maximum atomic E-state index is 12.3. The first-order valence-electron chi connectivity index (χ1n) is 8.21. The van der Waals surface area contributed by atoms with Crippen molar-refractivity contribution in [3.05, 3.63) is 54.0 Å². The van der Waals surface area contributed by atoms with E-state index in [0.717, 1.165) is 17.0 Å². The van der Waals surface area contributed by atoms with Gasteiger partial charge in [-0.1, -0.05) is 18.2 Å². The van der Waals surface area contributed by atoms with Crippen LogP contribution >= 0.6 is 0 Å². The van der Waals surface area contributed by atoms with Gasteiger partial charge in [-0.05, 0) is 51.5 Å². The Balaban J connectivity index is 2.06. The molecule has 0 fully saturated rings. The number of carbonyl (C=O) groups excluding carboxylic acids is 1. The fourth-order valence-electron chi connectivity index (χ4n) is 2.26. The molecule has 0 radical (unpaired) electrons. The molecule has 0 aliphatic rings. The summed E-state index contributed by atoms with van der Waals surface area (Å²) in [5, 5.41) is 3.36. The monoisotopic (exact) mass is 330 g/mol. The summed E-state index contributed by atoms with van der Waals surface area (Å²) in [5.41, 5.74) is 1.52. The van der Waals surface area contributed by atoms with Gasteiger partial charge in [-0.3, -0.25) is 0 Å². The van der Waals surface area contributed by atoms with E-state index in [1.807, 2.05) is 64.1 Å². The highest BCUT2D eigenvalue weighted by Gasteiger charge is 2.21. The Morgan fingerprint density at radius 2 is 1.96 bits per heavy atom.